The molecule has 1 amide bonds. The van der Waals surface area contributed by atoms with Crippen molar-refractivity contribution in [1.29, 1.82) is 0 Å². The second-order valence-electron chi connectivity index (χ2n) is 8.37. The number of aromatic amines is 1. The molecular weight excluding hydrogens is 626 g/mol. The third-order valence-corrected chi connectivity index (χ3v) is 6.25. The Morgan fingerprint density at radius 1 is 0.955 bits per heavy atom. The minimum Gasteiger partial charge on any atom is -0.497 e. The molecule has 11 nitrogen and oxygen atoms in total. The molecule has 0 unspecified atom stereocenters. The van der Waals surface area contributed by atoms with Crippen LogP contribution in [0.5, 0.6) is 5.75 Å². The summed E-state index contributed by atoms with van der Waals surface area (Å²) in [5, 5.41) is 21.5. The molecule has 44 heavy (non-hydrogen) atoms. The third-order valence-electron chi connectivity index (χ3n) is 5.25. The Hall–Kier alpha value is -4.71. The zero-order chi connectivity index (χ0) is 33.1. The van der Waals surface area contributed by atoms with Crippen LogP contribution < -0.4 is 4.74 Å². The van der Waals surface area contributed by atoms with Gasteiger partial charge in [-0.05, 0) is 35.4 Å². The van der Waals surface area contributed by atoms with E-state index in [0.717, 1.165) is 32.7 Å². The molecule has 0 radical (unpaired) electrons. The largest absolute Gasteiger partial charge is 0.497 e. The Morgan fingerprint density at radius 2 is 1.59 bits per heavy atom. The van der Waals surface area contributed by atoms with Gasteiger partial charge in [-0.2, -0.15) is 31.4 Å². The maximum atomic E-state index is 13.3. The van der Waals surface area contributed by atoms with E-state index < -0.39 is 24.3 Å². The number of H-pyrrole nitrogens is 1. The number of alkyl halides is 6. The molecule has 0 aliphatic rings. The number of aromatic nitrogens is 3. The lowest BCUT2D eigenvalue weighted by Gasteiger charge is -2.21. The maximum absolute atomic E-state index is 13.3. The number of nitrogens with zero attached hydrogens (tertiary/aromatic N) is 3. The van der Waals surface area contributed by atoms with E-state index in [1.54, 1.807) is 25.3 Å². The first-order valence-corrected chi connectivity index (χ1v) is 12.8. The van der Waals surface area contributed by atoms with Crippen molar-refractivity contribution in [3.63, 3.8) is 0 Å². The third kappa shape index (κ3) is 10.8. The van der Waals surface area contributed by atoms with Crippen molar-refractivity contribution in [3.8, 4) is 16.9 Å². The second-order valence-corrected chi connectivity index (χ2v) is 9.40. The monoisotopic (exact) mass is 650 g/mol. The van der Waals surface area contributed by atoms with E-state index in [2.05, 4.69) is 15.2 Å². The number of nitrogens with one attached hydrogen (secondary N) is 1. The van der Waals surface area contributed by atoms with Crippen LogP contribution in [0.25, 0.3) is 21.3 Å². The number of carboxylic acid groups (broad SMARTS) is 2. The first-order valence-electron chi connectivity index (χ1n) is 12.0. The summed E-state index contributed by atoms with van der Waals surface area (Å²) in [6, 6.07) is 13.7. The average molecular weight is 651 g/mol. The quantitative estimate of drug-likeness (QED) is 0.217. The van der Waals surface area contributed by atoms with Gasteiger partial charge in [0.15, 0.2) is 5.01 Å². The fourth-order valence-electron chi connectivity index (χ4n) is 3.18. The predicted octanol–water partition coefficient (Wildman–Crippen LogP) is 5.25. The zero-order valence-corrected chi connectivity index (χ0v) is 23.6. The Kier molecular flexibility index (Phi) is 12.6. The highest BCUT2D eigenvalue weighted by molar-refractivity contribution is 7.20. The van der Waals surface area contributed by atoms with Crippen molar-refractivity contribution in [2.75, 3.05) is 27.4 Å². The molecular formula is C26H24F6N4O7S. The van der Waals surface area contributed by atoms with Gasteiger partial charge in [-0.25, -0.2) is 14.6 Å². The van der Waals surface area contributed by atoms with Gasteiger partial charge in [-0.3, -0.25) is 9.89 Å². The smallest absolute Gasteiger partial charge is 0.490 e. The van der Waals surface area contributed by atoms with Crippen molar-refractivity contribution in [1.82, 2.24) is 20.1 Å². The molecule has 238 valence electrons. The van der Waals surface area contributed by atoms with Crippen molar-refractivity contribution in [2.45, 2.75) is 18.9 Å². The highest BCUT2D eigenvalue weighted by Gasteiger charge is 2.38. The number of carboxylic acids is 2. The molecule has 0 saturated carbocycles. The minimum absolute atomic E-state index is 0.110. The predicted molar refractivity (Wildman–Crippen MR) is 144 cm³/mol. The molecule has 2 aromatic carbocycles. The highest BCUT2D eigenvalue weighted by Crippen LogP contribution is 2.29. The van der Waals surface area contributed by atoms with Crippen LogP contribution in [0.3, 0.4) is 0 Å². The number of halogens is 6. The first-order chi connectivity index (χ1) is 20.6. The number of carbonyl (C=O) groups excluding carboxylic acids is 1. The number of benzene rings is 2. The van der Waals surface area contributed by atoms with Crippen LogP contribution in [-0.4, -0.2) is 87.9 Å². The summed E-state index contributed by atoms with van der Waals surface area (Å²) in [4.78, 5) is 37.4. The summed E-state index contributed by atoms with van der Waals surface area (Å²) in [7, 11) is 3.26. The van der Waals surface area contributed by atoms with E-state index >= 15 is 0 Å². The fraction of sp³-hybridized carbons (Fsp3) is 0.269. The Labute approximate surface area is 248 Å². The number of thiazole rings is 1. The zero-order valence-electron chi connectivity index (χ0n) is 22.8. The van der Waals surface area contributed by atoms with Gasteiger partial charge in [0, 0.05) is 32.0 Å². The molecule has 0 saturated heterocycles. The van der Waals surface area contributed by atoms with E-state index in [1.807, 2.05) is 48.7 Å². The molecule has 0 spiro atoms. The lowest BCUT2D eigenvalue weighted by Crippen LogP contribution is -2.33. The van der Waals surface area contributed by atoms with Crippen LogP contribution >= 0.6 is 11.3 Å². The fourth-order valence-corrected chi connectivity index (χ4v) is 4.16. The van der Waals surface area contributed by atoms with Crippen LogP contribution in [0.15, 0.2) is 54.9 Å². The number of methoxy groups -OCH3 is 2. The summed E-state index contributed by atoms with van der Waals surface area (Å²) in [6.45, 7) is 1.38. The van der Waals surface area contributed by atoms with Gasteiger partial charge < -0.3 is 24.6 Å². The molecule has 0 bridgehead atoms. The number of hydrogen-bond acceptors (Lipinski definition) is 8. The molecule has 0 aliphatic carbocycles. The maximum Gasteiger partial charge on any atom is 0.490 e. The first kappa shape index (κ1) is 35.5. The number of amides is 1. The van der Waals surface area contributed by atoms with Crippen LogP contribution in [0.2, 0.25) is 0 Å². The van der Waals surface area contributed by atoms with Crippen molar-refractivity contribution in [3.05, 3.63) is 65.4 Å². The van der Waals surface area contributed by atoms with E-state index in [1.165, 1.54) is 11.3 Å². The van der Waals surface area contributed by atoms with Gasteiger partial charge in [0.25, 0.3) is 5.91 Å². The van der Waals surface area contributed by atoms with E-state index in [0.29, 0.717) is 24.7 Å². The molecule has 3 N–H and O–H groups in total. The number of aliphatic carboxylic acids is 2. The van der Waals surface area contributed by atoms with Gasteiger partial charge in [0.05, 0.1) is 30.1 Å². The standard InChI is InChI=1S/C22H22N4O3S.2C2HF3O2/c1-28-9-8-26(14-15-4-3-5-18(10-15)29-2)22(27)21-25-19-7-6-16(11-20(19)30-21)17-12-23-24-13-17;2*3-2(4,5)1(6)7/h3-7,10-13H,8-9,14H2,1-2H3,(H,23,24);2*(H,6,7). The van der Waals surface area contributed by atoms with Crippen LogP contribution in [0.4, 0.5) is 26.3 Å². The SMILES string of the molecule is COCCN(Cc1cccc(OC)c1)C(=O)c1nc2ccc(-c3cn[nH]c3)cc2s1.O=C(O)C(F)(F)F.O=C(O)C(F)(F)F. The molecule has 4 rings (SSSR count). The van der Waals surface area contributed by atoms with E-state index in [4.69, 9.17) is 29.3 Å². The van der Waals surface area contributed by atoms with Gasteiger partial charge in [0.2, 0.25) is 0 Å². The van der Waals surface area contributed by atoms with Crippen LogP contribution in [0, 0.1) is 0 Å². The Morgan fingerprint density at radius 3 is 2.11 bits per heavy atom. The number of fused-ring (bicyclic) bond motifs is 1. The van der Waals surface area contributed by atoms with Gasteiger partial charge in [0.1, 0.15) is 5.75 Å². The van der Waals surface area contributed by atoms with E-state index in [-0.39, 0.29) is 5.91 Å². The summed E-state index contributed by atoms with van der Waals surface area (Å²) >= 11 is 1.40. The van der Waals surface area contributed by atoms with Crippen LogP contribution in [0.1, 0.15) is 15.4 Å². The molecule has 0 atom stereocenters. The summed E-state index contributed by atoms with van der Waals surface area (Å²) in [5.41, 5.74) is 3.83. The summed E-state index contributed by atoms with van der Waals surface area (Å²) in [6.07, 6.45) is -6.55. The highest BCUT2D eigenvalue weighted by atomic mass is 32.1. The van der Waals surface area contributed by atoms with Crippen LogP contribution in [-0.2, 0) is 20.9 Å². The number of rotatable bonds is 8. The van der Waals surface area contributed by atoms with Gasteiger partial charge in [-0.1, -0.05) is 18.2 Å². The Bertz CT molecular complexity index is 1520. The molecule has 0 aliphatic heterocycles. The van der Waals surface area contributed by atoms with Crippen molar-refractivity contribution in [2.24, 2.45) is 0 Å². The lowest BCUT2D eigenvalue weighted by atomic mass is 10.1. The molecule has 4 aromatic rings. The topological polar surface area (TPSA) is 155 Å². The number of hydrogen-bond donors (Lipinski definition) is 3. The van der Waals surface area contributed by atoms with Gasteiger partial charge >= 0.3 is 24.3 Å². The number of carbonyl (C=O) groups is 3. The summed E-state index contributed by atoms with van der Waals surface area (Å²) < 4.78 is 74.9. The lowest BCUT2D eigenvalue weighted by molar-refractivity contribution is -0.193. The van der Waals surface area contributed by atoms with Gasteiger partial charge in [-0.15, -0.1) is 11.3 Å². The summed E-state index contributed by atoms with van der Waals surface area (Å²) in [5.74, 6) is -4.86. The average Bonchev–Trinajstić information content (AvgIpc) is 3.65. The molecule has 0 fully saturated rings. The van der Waals surface area contributed by atoms with E-state index in [9.17, 15) is 31.1 Å². The van der Waals surface area contributed by atoms with Crippen molar-refractivity contribution < 1.29 is 60.4 Å². The number of ether oxygens (including phenoxy) is 2. The minimum atomic E-state index is -5.08. The Balaban J connectivity index is 0.000000402. The molecule has 2 heterocycles. The normalized spacial score (nSPS) is 11.1. The molecule has 2 aromatic heterocycles. The second kappa shape index (κ2) is 15.7. The van der Waals surface area contributed by atoms with Crippen molar-refractivity contribution >= 4 is 39.4 Å². The molecule has 18 heteroatoms.